The molecule has 5 unspecified atom stereocenters. The number of hydrogen-bond donors (Lipinski definition) is 3. The fourth-order valence-corrected chi connectivity index (χ4v) is 5.43. The van der Waals surface area contributed by atoms with Crippen molar-refractivity contribution in [1.82, 2.24) is 14.6 Å². The average Bonchev–Trinajstić information content (AvgIpc) is 3.10. The van der Waals surface area contributed by atoms with Crippen LogP contribution in [0.2, 0.25) is 0 Å². The highest BCUT2D eigenvalue weighted by atomic mass is 31.2. The number of anilines is 1. The molecular formula is C25H29F2N4O8P. The van der Waals surface area contributed by atoms with Gasteiger partial charge in [-0.05, 0) is 49.7 Å². The number of carbonyl (C=O) groups excluding carboxylic acids is 1. The molecule has 15 heteroatoms. The number of hydrogen-bond acceptors (Lipinski definition) is 10. The SMILES string of the molecule is CC(C)OC(=O)C(C)NP(=O)(OCC1OC(n2ccc(N)nc2=O)C(O)C1(F)F)Oc1ccc2ccccc2c1. The Kier molecular flexibility index (Phi) is 8.57. The highest BCUT2D eigenvalue weighted by Gasteiger charge is 2.60. The van der Waals surface area contributed by atoms with Crippen molar-refractivity contribution in [2.75, 3.05) is 12.3 Å². The Morgan fingerprint density at radius 2 is 1.93 bits per heavy atom. The van der Waals surface area contributed by atoms with Gasteiger partial charge in [0, 0.05) is 6.20 Å². The summed E-state index contributed by atoms with van der Waals surface area (Å²) in [5.41, 5.74) is 4.42. The third-order valence-corrected chi connectivity index (χ3v) is 7.57. The Morgan fingerprint density at radius 3 is 2.60 bits per heavy atom. The molecule has 0 radical (unpaired) electrons. The van der Waals surface area contributed by atoms with Crippen LogP contribution in [0.3, 0.4) is 0 Å². The molecule has 0 saturated carbocycles. The highest BCUT2D eigenvalue weighted by molar-refractivity contribution is 7.52. The van der Waals surface area contributed by atoms with Crippen LogP contribution in [0.4, 0.5) is 14.6 Å². The largest absolute Gasteiger partial charge is 0.462 e. The fraction of sp³-hybridized carbons (Fsp3) is 0.400. The number of ether oxygens (including phenoxy) is 2. The number of aromatic nitrogens is 2. The molecule has 5 atom stereocenters. The Labute approximate surface area is 227 Å². The Balaban J connectivity index is 1.57. The number of nitrogens with one attached hydrogen (secondary N) is 1. The molecule has 216 valence electrons. The van der Waals surface area contributed by atoms with E-state index < -0.39 is 62.5 Å². The van der Waals surface area contributed by atoms with Crippen LogP contribution < -0.4 is 21.0 Å². The number of alkyl halides is 2. The van der Waals surface area contributed by atoms with Gasteiger partial charge < -0.3 is 24.8 Å². The monoisotopic (exact) mass is 582 g/mol. The van der Waals surface area contributed by atoms with Crippen LogP contribution >= 0.6 is 7.75 Å². The quantitative estimate of drug-likeness (QED) is 0.238. The lowest BCUT2D eigenvalue weighted by atomic mass is 10.1. The van der Waals surface area contributed by atoms with Gasteiger partial charge in [0.25, 0.3) is 0 Å². The molecule has 4 rings (SSSR count). The summed E-state index contributed by atoms with van der Waals surface area (Å²) in [6.07, 6.45) is -5.90. The van der Waals surface area contributed by atoms with Crippen molar-refractivity contribution < 1.29 is 41.8 Å². The molecule has 1 aliphatic heterocycles. The number of aliphatic hydroxyl groups is 1. The summed E-state index contributed by atoms with van der Waals surface area (Å²) in [5.74, 6) is -4.81. The zero-order valence-corrected chi connectivity index (χ0v) is 22.7. The Hall–Kier alpha value is -3.42. The van der Waals surface area contributed by atoms with Crippen LogP contribution in [-0.4, -0.2) is 57.5 Å². The van der Waals surface area contributed by atoms with Gasteiger partial charge in [-0.2, -0.15) is 10.1 Å². The van der Waals surface area contributed by atoms with Crippen LogP contribution in [0.25, 0.3) is 10.8 Å². The summed E-state index contributed by atoms with van der Waals surface area (Å²) in [7, 11) is -4.55. The van der Waals surface area contributed by atoms with Crippen LogP contribution in [0.15, 0.2) is 59.5 Å². The first kappa shape index (κ1) is 29.6. The highest BCUT2D eigenvalue weighted by Crippen LogP contribution is 2.48. The third kappa shape index (κ3) is 6.48. The predicted molar refractivity (Wildman–Crippen MR) is 140 cm³/mol. The number of aliphatic hydroxyl groups excluding tert-OH is 1. The van der Waals surface area contributed by atoms with E-state index in [4.69, 9.17) is 24.3 Å². The van der Waals surface area contributed by atoms with Gasteiger partial charge >= 0.3 is 25.3 Å². The van der Waals surface area contributed by atoms with E-state index in [1.54, 1.807) is 38.1 Å². The smallest absolute Gasteiger partial charge is 0.459 e. The van der Waals surface area contributed by atoms with E-state index in [2.05, 4.69) is 10.1 Å². The van der Waals surface area contributed by atoms with Gasteiger partial charge in [0.15, 0.2) is 18.4 Å². The van der Waals surface area contributed by atoms with Gasteiger partial charge in [0.1, 0.15) is 17.6 Å². The minimum Gasteiger partial charge on any atom is -0.462 e. The maximum absolute atomic E-state index is 15.0. The van der Waals surface area contributed by atoms with Crippen LogP contribution in [0.5, 0.6) is 5.75 Å². The molecule has 12 nitrogen and oxygen atoms in total. The van der Waals surface area contributed by atoms with Gasteiger partial charge in [-0.1, -0.05) is 30.3 Å². The fourth-order valence-electron chi connectivity index (χ4n) is 3.94. The molecule has 40 heavy (non-hydrogen) atoms. The summed E-state index contributed by atoms with van der Waals surface area (Å²) in [4.78, 5) is 28.0. The topological polar surface area (TPSA) is 164 Å². The number of nitrogens with two attached hydrogens (primary N) is 1. The average molecular weight is 582 g/mol. The van der Waals surface area contributed by atoms with Gasteiger partial charge in [0.05, 0.1) is 12.7 Å². The second-order valence-electron chi connectivity index (χ2n) is 9.41. The number of benzene rings is 2. The number of rotatable bonds is 10. The van der Waals surface area contributed by atoms with E-state index in [-0.39, 0.29) is 11.6 Å². The number of nitrogens with zero attached hydrogens (tertiary/aromatic N) is 2. The molecule has 0 amide bonds. The standard InChI is InChI=1S/C25H29F2N4O8P/c1-14(2)37-23(33)15(3)30-40(35,39-18-9-8-16-6-4-5-7-17(16)12-18)36-13-19-25(26,27)21(32)22(38-19)31-11-10-20(28)29-24(31)34/h4-12,14-15,19,21-22,32H,13H2,1-3H3,(H,30,35)(H2,28,29,34). The molecular weight excluding hydrogens is 553 g/mol. The Morgan fingerprint density at radius 1 is 1.23 bits per heavy atom. The maximum Gasteiger partial charge on any atom is 0.459 e. The van der Waals surface area contributed by atoms with Crippen molar-refractivity contribution >= 4 is 30.3 Å². The van der Waals surface area contributed by atoms with Crippen molar-refractivity contribution in [2.24, 2.45) is 0 Å². The minimum absolute atomic E-state index is 0.0653. The lowest BCUT2D eigenvalue weighted by Gasteiger charge is -2.25. The van der Waals surface area contributed by atoms with E-state index >= 15 is 8.78 Å². The Bertz CT molecular complexity index is 1490. The van der Waals surface area contributed by atoms with Crippen molar-refractivity contribution in [3.8, 4) is 5.75 Å². The van der Waals surface area contributed by atoms with E-state index in [0.717, 1.165) is 17.0 Å². The molecule has 2 heterocycles. The summed E-state index contributed by atoms with van der Waals surface area (Å²) in [6.45, 7) is 3.53. The van der Waals surface area contributed by atoms with Gasteiger partial charge in [-0.25, -0.2) is 18.1 Å². The van der Waals surface area contributed by atoms with Gasteiger partial charge in [-0.15, -0.1) is 0 Å². The van der Waals surface area contributed by atoms with Crippen molar-refractivity contribution in [1.29, 1.82) is 0 Å². The number of fused-ring (bicyclic) bond motifs is 1. The van der Waals surface area contributed by atoms with E-state index in [1.807, 2.05) is 12.1 Å². The second kappa shape index (κ2) is 11.6. The molecule has 1 saturated heterocycles. The normalized spacial score (nSPS) is 22.6. The molecule has 2 aromatic carbocycles. The number of nitrogen functional groups attached to an aromatic ring is 1. The second-order valence-corrected chi connectivity index (χ2v) is 11.1. The zero-order chi connectivity index (χ0) is 29.2. The van der Waals surface area contributed by atoms with Gasteiger partial charge in [-0.3, -0.25) is 13.9 Å². The van der Waals surface area contributed by atoms with Crippen molar-refractivity contribution in [3.63, 3.8) is 0 Å². The molecule has 4 N–H and O–H groups in total. The molecule has 0 aliphatic carbocycles. The van der Waals surface area contributed by atoms with E-state index in [9.17, 15) is 19.3 Å². The first-order valence-electron chi connectivity index (χ1n) is 12.3. The van der Waals surface area contributed by atoms with Crippen LogP contribution in [0, 0.1) is 0 Å². The third-order valence-electron chi connectivity index (χ3n) is 5.92. The number of esters is 1. The summed E-state index contributed by atoms with van der Waals surface area (Å²) in [6, 6.07) is 11.9. The van der Waals surface area contributed by atoms with Gasteiger partial charge in [0.2, 0.25) is 0 Å². The minimum atomic E-state index is -4.55. The molecule has 0 spiro atoms. The first-order chi connectivity index (χ1) is 18.8. The molecule has 1 aliphatic rings. The summed E-state index contributed by atoms with van der Waals surface area (Å²) >= 11 is 0. The van der Waals surface area contributed by atoms with Crippen molar-refractivity contribution in [3.05, 3.63) is 65.2 Å². The van der Waals surface area contributed by atoms with E-state index in [1.165, 1.54) is 19.1 Å². The molecule has 3 aromatic rings. The maximum atomic E-state index is 15.0. The number of halogens is 2. The molecule has 1 aromatic heterocycles. The number of carbonyl (C=O) groups is 1. The summed E-state index contributed by atoms with van der Waals surface area (Å²) in [5, 5.41) is 14.3. The molecule has 1 fully saturated rings. The zero-order valence-electron chi connectivity index (χ0n) is 21.8. The summed E-state index contributed by atoms with van der Waals surface area (Å²) < 4.78 is 65.8. The van der Waals surface area contributed by atoms with E-state index in [0.29, 0.717) is 4.57 Å². The first-order valence-corrected chi connectivity index (χ1v) is 13.8. The van der Waals surface area contributed by atoms with Crippen LogP contribution in [0.1, 0.15) is 27.0 Å². The lowest BCUT2D eigenvalue weighted by molar-refractivity contribution is -0.149. The molecule has 0 bridgehead atoms. The van der Waals surface area contributed by atoms with Crippen molar-refractivity contribution in [2.45, 2.75) is 57.3 Å². The predicted octanol–water partition coefficient (Wildman–Crippen LogP) is 3.01. The van der Waals surface area contributed by atoms with Crippen LogP contribution in [-0.2, 0) is 23.4 Å². The lowest BCUT2D eigenvalue weighted by Crippen LogP contribution is -2.42.